The Morgan fingerprint density at radius 3 is 2.68 bits per heavy atom. The van der Waals surface area contributed by atoms with Crippen molar-refractivity contribution in [1.29, 1.82) is 0 Å². The van der Waals surface area contributed by atoms with Gasteiger partial charge in [-0.2, -0.15) is 0 Å². The summed E-state index contributed by atoms with van der Waals surface area (Å²) in [5, 5.41) is 3.29. The smallest absolute Gasteiger partial charge is 0.343 e. The molecule has 1 N–H and O–H groups in total. The fourth-order valence-electron chi connectivity index (χ4n) is 3.32. The molecule has 2 heterocycles. The number of nitrogens with zero attached hydrogens (tertiary/aromatic N) is 3. The van der Waals surface area contributed by atoms with Gasteiger partial charge in [0.05, 0.1) is 34.0 Å². The Balaban J connectivity index is 1.76. The lowest BCUT2D eigenvalue weighted by Crippen LogP contribution is -2.37. The standard InChI is InChI=1S/C22H30N4O5/c1-4-31-22(27)17-15-24-20(16-6-7-18(28-2)19(14-16)29-3)25-21(17)23-8-5-9-26-10-12-30-13-11-26/h6-7,14-15H,4-5,8-13H2,1-3H3,(H,23,24,25). The molecule has 0 aliphatic carbocycles. The summed E-state index contributed by atoms with van der Waals surface area (Å²) in [4.78, 5) is 23.7. The van der Waals surface area contributed by atoms with Gasteiger partial charge < -0.3 is 24.3 Å². The van der Waals surface area contributed by atoms with Crippen LogP contribution in [0, 0.1) is 0 Å². The molecule has 1 aromatic heterocycles. The van der Waals surface area contributed by atoms with E-state index in [2.05, 4.69) is 20.2 Å². The first kappa shape index (κ1) is 22.8. The molecule has 1 aromatic carbocycles. The molecule has 31 heavy (non-hydrogen) atoms. The van der Waals surface area contributed by atoms with Gasteiger partial charge in [-0.25, -0.2) is 14.8 Å². The highest BCUT2D eigenvalue weighted by Gasteiger charge is 2.18. The second-order valence-electron chi connectivity index (χ2n) is 6.98. The lowest BCUT2D eigenvalue weighted by atomic mass is 10.1. The van der Waals surface area contributed by atoms with Gasteiger partial charge in [-0.05, 0) is 38.1 Å². The number of rotatable bonds is 10. The second kappa shape index (κ2) is 11.5. The van der Waals surface area contributed by atoms with Crippen LogP contribution in [0.4, 0.5) is 5.82 Å². The normalized spacial score (nSPS) is 14.2. The van der Waals surface area contributed by atoms with E-state index in [0.29, 0.717) is 35.2 Å². The van der Waals surface area contributed by atoms with Crippen LogP contribution < -0.4 is 14.8 Å². The van der Waals surface area contributed by atoms with Crippen LogP contribution in [0.1, 0.15) is 23.7 Å². The Hall–Kier alpha value is -2.91. The largest absolute Gasteiger partial charge is 0.493 e. The predicted molar refractivity (Wildman–Crippen MR) is 117 cm³/mol. The molecule has 3 rings (SSSR count). The summed E-state index contributed by atoms with van der Waals surface area (Å²) < 4.78 is 21.2. The maximum Gasteiger partial charge on any atom is 0.343 e. The average molecular weight is 431 g/mol. The van der Waals surface area contributed by atoms with E-state index in [1.165, 1.54) is 6.20 Å². The SMILES string of the molecule is CCOC(=O)c1cnc(-c2ccc(OC)c(OC)c2)nc1NCCCN1CCOCC1. The molecule has 1 saturated heterocycles. The van der Waals surface area contributed by atoms with Crippen LogP contribution >= 0.6 is 0 Å². The highest BCUT2D eigenvalue weighted by atomic mass is 16.5. The summed E-state index contributed by atoms with van der Waals surface area (Å²) in [5.74, 6) is 1.69. The van der Waals surface area contributed by atoms with Gasteiger partial charge in [-0.1, -0.05) is 0 Å². The molecule has 0 radical (unpaired) electrons. The lowest BCUT2D eigenvalue weighted by Gasteiger charge is -2.26. The molecule has 2 aromatic rings. The minimum absolute atomic E-state index is 0.284. The number of methoxy groups -OCH3 is 2. The highest BCUT2D eigenvalue weighted by Crippen LogP contribution is 2.31. The van der Waals surface area contributed by atoms with E-state index in [0.717, 1.165) is 44.8 Å². The number of carbonyl (C=O) groups is 1. The van der Waals surface area contributed by atoms with Crippen molar-refractivity contribution in [3.05, 3.63) is 30.0 Å². The zero-order valence-electron chi connectivity index (χ0n) is 18.3. The molecule has 0 amide bonds. The number of ether oxygens (including phenoxy) is 4. The van der Waals surface area contributed by atoms with E-state index >= 15 is 0 Å². The van der Waals surface area contributed by atoms with Crippen molar-refractivity contribution in [1.82, 2.24) is 14.9 Å². The number of hydrogen-bond acceptors (Lipinski definition) is 9. The number of aromatic nitrogens is 2. The number of nitrogens with one attached hydrogen (secondary N) is 1. The maximum atomic E-state index is 12.4. The molecule has 1 aliphatic rings. The van der Waals surface area contributed by atoms with E-state index in [1.807, 2.05) is 6.07 Å². The van der Waals surface area contributed by atoms with Gasteiger partial charge in [0, 0.05) is 31.4 Å². The Bertz CT molecular complexity index is 871. The van der Waals surface area contributed by atoms with Gasteiger partial charge in [-0.15, -0.1) is 0 Å². The molecule has 9 nitrogen and oxygen atoms in total. The van der Waals surface area contributed by atoms with Crippen LogP contribution in [0.3, 0.4) is 0 Å². The molecule has 0 atom stereocenters. The van der Waals surface area contributed by atoms with Crippen molar-refractivity contribution >= 4 is 11.8 Å². The molecule has 0 spiro atoms. The van der Waals surface area contributed by atoms with Crippen molar-refractivity contribution in [2.24, 2.45) is 0 Å². The molecule has 0 bridgehead atoms. The van der Waals surface area contributed by atoms with E-state index in [4.69, 9.17) is 18.9 Å². The van der Waals surface area contributed by atoms with Gasteiger partial charge in [-0.3, -0.25) is 4.90 Å². The van der Waals surface area contributed by atoms with Crippen LogP contribution in [-0.4, -0.2) is 81.1 Å². The number of hydrogen-bond donors (Lipinski definition) is 1. The predicted octanol–water partition coefficient (Wildman–Crippen LogP) is 2.47. The van der Waals surface area contributed by atoms with Crippen molar-refractivity contribution in [2.75, 3.05) is 65.5 Å². The summed E-state index contributed by atoms with van der Waals surface area (Å²) in [5.41, 5.74) is 1.07. The third kappa shape index (κ3) is 6.05. The Morgan fingerprint density at radius 1 is 1.19 bits per heavy atom. The molecular formula is C22H30N4O5. The monoisotopic (exact) mass is 430 g/mol. The number of anilines is 1. The summed E-state index contributed by atoms with van der Waals surface area (Å²) in [6.45, 7) is 7.14. The summed E-state index contributed by atoms with van der Waals surface area (Å²) in [6.07, 6.45) is 2.42. The number of benzene rings is 1. The molecule has 168 valence electrons. The summed E-state index contributed by atoms with van der Waals surface area (Å²) in [7, 11) is 3.16. The second-order valence-corrected chi connectivity index (χ2v) is 6.98. The first-order chi connectivity index (χ1) is 15.2. The zero-order chi connectivity index (χ0) is 22.1. The van der Waals surface area contributed by atoms with Crippen molar-refractivity contribution < 1.29 is 23.7 Å². The quantitative estimate of drug-likeness (QED) is 0.450. The third-order valence-electron chi connectivity index (χ3n) is 4.97. The molecule has 1 fully saturated rings. The Labute approximate surface area is 182 Å². The third-order valence-corrected chi connectivity index (χ3v) is 4.97. The van der Waals surface area contributed by atoms with Crippen molar-refractivity contribution in [3.8, 4) is 22.9 Å². The number of morpholine rings is 1. The van der Waals surface area contributed by atoms with Crippen LogP contribution in [0.2, 0.25) is 0 Å². The Kier molecular flexibility index (Phi) is 8.43. The highest BCUT2D eigenvalue weighted by molar-refractivity contribution is 5.94. The van der Waals surface area contributed by atoms with Crippen LogP contribution in [-0.2, 0) is 9.47 Å². The number of carbonyl (C=O) groups excluding carboxylic acids is 1. The topological polar surface area (TPSA) is 95.0 Å². The van der Waals surface area contributed by atoms with Gasteiger partial charge in [0.2, 0.25) is 0 Å². The van der Waals surface area contributed by atoms with Crippen molar-refractivity contribution in [3.63, 3.8) is 0 Å². The van der Waals surface area contributed by atoms with Gasteiger partial charge >= 0.3 is 5.97 Å². The molecule has 1 aliphatic heterocycles. The fraction of sp³-hybridized carbons (Fsp3) is 0.500. The summed E-state index contributed by atoms with van der Waals surface area (Å²) >= 11 is 0. The van der Waals surface area contributed by atoms with E-state index < -0.39 is 5.97 Å². The summed E-state index contributed by atoms with van der Waals surface area (Å²) in [6, 6.07) is 5.45. The molecular weight excluding hydrogens is 400 g/mol. The van der Waals surface area contributed by atoms with Crippen LogP contribution in [0.15, 0.2) is 24.4 Å². The fourth-order valence-corrected chi connectivity index (χ4v) is 3.32. The first-order valence-electron chi connectivity index (χ1n) is 10.5. The minimum Gasteiger partial charge on any atom is -0.493 e. The minimum atomic E-state index is -0.447. The molecule has 9 heteroatoms. The lowest BCUT2D eigenvalue weighted by molar-refractivity contribution is 0.0378. The van der Waals surface area contributed by atoms with Crippen LogP contribution in [0.5, 0.6) is 11.5 Å². The number of esters is 1. The average Bonchev–Trinajstić information content (AvgIpc) is 2.82. The van der Waals surface area contributed by atoms with Crippen LogP contribution in [0.25, 0.3) is 11.4 Å². The van der Waals surface area contributed by atoms with E-state index in [-0.39, 0.29) is 6.61 Å². The maximum absolute atomic E-state index is 12.4. The van der Waals surface area contributed by atoms with Gasteiger partial charge in [0.1, 0.15) is 11.4 Å². The van der Waals surface area contributed by atoms with E-state index in [1.54, 1.807) is 33.3 Å². The first-order valence-corrected chi connectivity index (χ1v) is 10.5. The van der Waals surface area contributed by atoms with Crippen molar-refractivity contribution in [2.45, 2.75) is 13.3 Å². The molecule has 0 saturated carbocycles. The van der Waals surface area contributed by atoms with Gasteiger partial charge in [0.15, 0.2) is 17.3 Å². The van der Waals surface area contributed by atoms with Gasteiger partial charge in [0.25, 0.3) is 0 Å². The molecule has 0 unspecified atom stereocenters. The van der Waals surface area contributed by atoms with E-state index in [9.17, 15) is 4.79 Å². The Morgan fingerprint density at radius 2 is 1.97 bits per heavy atom. The zero-order valence-corrected chi connectivity index (χ0v) is 18.3.